The van der Waals surface area contributed by atoms with Crippen LogP contribution in [-0.4, -0.2) is 29.9 Å². The van der Waals surface area contributed by atoms with E-state index in [0.717, 1.165) is 25.9 Å². The Labute approximate surface area is 84.1 Å². The molecule has 0 aromatic heterocycles. The van der Waals surface area contributed by atoms with Crippen molar-refractivity contribution < 1.29 is 0 Å². The highest BCUT2D eigenvalue weighted by atomic mass is 35.5. The van der Waals surface area contributed by atoms with Crippen molar-refractivity contribution in [3.63, 3.8) is 0 Å². The minimum absolute atomic E-state index is 0. The van der Waals surface area contributed by atoms with Gasteiger partial charge in [-0.3, -0.25) is 5.41 Å². The minimum Gasteiger partial charge on any atom is -0.370 e. The first kappa shape index (κ1) is 12.0. The molecule has 0 aromatic rings. The first-order valence-electron chi connectivity index (χ1n) is 4.13. The number of nitrogens with one attached hydrogen (secondary N) is 1. The van der Waals surface area contributed by atoms with Crippen molar-refractivity contribution in [3.05, 3.63) is 0 Å². The number of piperidine rings is 1. The Balaban J connectivity index is 0.00000144. The van der Waals surface area contributed by atoms with Crippen molar-refractivity contribution in [2.24, 2.45) is 16.5 Å². The van der Waals surface area contributed by atoms with Gasteiger partial charge >= 0.3 is 0 Å². The Morgan fingerprint density at radius 3 is 2.15 bits per heavy atom. The molecule has 1 heterocycles. The first-order chi connectivity index (χ1) is 5.70. The molecule has 0 amide bonds. The van der Waals surface area contributed by atoms with Gasteiger partial charge in [0.1, 0.15) is 0 Å². The van der Waals surface area contributed by atoms with Gasteiger partial charge in [0.2, 0.25) is 5.96 Å². The van der Waals surface area contributed by atoms with Gasteiger partial charge in [0.15, 0.2) is 5.96 Å². The number of hydrogen-bond donors (Lipinski definition) is 3. The number of hydrogen-bond acceptors (Lipinski definition) is 1. The zero-order valence-corrected chi connectivity index (χ0v) is 8.31. The van der Waals surface area contributed by atoms with E-state index < -0.39 is 0 Å². The van der Waals surface area contributed by atoms with Crippen LogP contribution in [0.25, 0.3) is 0 Å². The number of nitrogens with two attached hydrogens (primary N) is 2. The van der Waals surface area contributed by atoms with Crippen molar-refractivity contribution in [2.75, 3.05) is 13.1 Å². The highest BCUT2D eigenvalue weighted by Gasteiger charge is 2.12. The van der Waals surface area contributed by atoms with E-state index in [1.807, 2.05) is 4.90 Å². The molecule has 1 aliphatic heterocycles. The van der Waals surface area contributed by atoms with Gasteiger partial charge in [-0.25, -0.2) is 0 Å². The van der Waals surface area contributed by atoms with Crippen LogP contribution in [-0.2, 0) is 0 Å². The van der Waals surface area contributed by atoms with E-state index in [9.17, 15) is 0 Å². The normalized spacial score (nSPS) is 15.8. The van der Waals surface area contributed by atoms with Crippen LogP contribution in [0.15, 0.2) is 4.99 Å². The summed E-state index contributed by atoms with van der Waals surface area (Å²) < 4.78 is 0. The summed E-state index contributed by atoms with van der Waals surface area (Å²) in [6.07, 6.45) is 3.50. The highest BCUT2D eigenvalue weighted by Crippen LogP contribution is 2.08. The topological polar surface area (TPSA) is 91.5 Å². The molecule has 0 aliphatic carbocycles. The molecule has 1 rings (SSSR count). The van der Waals surface area contributed by atoms with Crippen LogP contribution in [0.1, 0.15) is 19.3 Å². The molecular formula is C7H16ClN5. The van der Waals surface area contributed by atoms with Crippen LogP contribution in [0.2, 0.25) is 0 Å². The van der Waals surface area contributed by atoms with Crippen LogP contribution in [0, 0.1) is 5.41 Å². The molecule has 13 heavy (non-hydrogen) atoms. The van der Waals surface area contributed by atoms with Crippen molar-refractivity contribution >= 4 is 24.3 Å². The molecule has 0 saturated carbocycles. The van der Waals surface area contributed by atoms with Gasteiger partial charge in [-0.05, 0) is 19.3 Å². The van der Waals surface area contributed by atoms with Crippen molar-refractivity contribution in [3.8, 4) is 0 Å². The Morgan fingerprint density at radius 1 is 1.15 bits per heavy atom. The lowest BCUT2D eigenvalue weighted by Crippen LogP contribution is -2.36. The lowest BCUT2D eigenvalue weighted by Gasteiger charge is -2.26. The number of guanidine groups is 2. The molecule has 0 bridgehead atoms. The average Bonchev–Trinajstić information content (AvgIpc) is 2.05. The summed E-state index contributed by atoms with van der Waals surface area (Å²) in [5, 5.41) is 7.49. The van der Waals surface area contributed by atoms with Gasteiger partial charge in [-0.15, -0.1) is 12.4 Å². The van der Waals surface area contributed by atoms with Gasteiger partial charge in [0, 0.05) is 13.1 Å². The van der Waals surface area contributed by atoms with Gasteiger partial charge in [-0.1, -0.05) is 0 Å². The molecule has 1 aliphatic rings. The SMILES string of the molecule is Cl.N=C(N=C(N)N)N1CCCCC1. The predicted octanol–water partition coefficient (Wildman–Crippen LogP) is 0.102. The van der Waals surface area contributed by atoms with E-state index in [2.05, 4.69) is 4.99 Å². The van der Waals surface area contributed by atoms with Crippen molar-refractivity contribution in [1.29, 1.82) is 5.41 Å². The Bertz CT molecular complexity index is 193. The average molecular weight is 206 g/mol. The fourth-order valence-electron chi connectivity index (χ4n) is 1.30. The maximum atomic E-state index is 7.49. The summed E-state index contributed by atoms with van der Waals surface area (Å²) >= 11 is 0. The predicted molar refractivity (Wildman–Crippen MR) is 56.2 cm³/mol. The highest BCUT2D eigenvalue weighted by molar-refractivity contribution is 5.91. The summed E-state index contributed by atoms with van der Waals surface area (Å²) in [4.78, 5) is 5.57. The van der Waals surface area contributed by atoms with E-state index in [1.54, 1.807) is 0 Å². The Kier molecular flexibility index (Phi) is 5.22. The summed E-state index contributed by atoms with van der Waals surface area (Å²) in [6.45, 7) is 1.80. The van der Waals surface area contributed by atoms with E-state index in [4.69, 9.17) is 16.9 Å². The second-order valence-corrected chi connectivity index (χ2v) is 2.91. The lowest BCUT2D eigenvalue weighted by molar-refractivity contribution is 0.337. The summed E-state index contributed by atoms with van der Waals surface area (Å²) in [5.74, 6) is 0.153. The summed E-state index contributed by atoms with van der Waals surface area (Å²) in [6, 6.07) is 0. The maximum Gasteiger partial charge on any atom is 0.221 e. The van der Waals surface area contributed by atoms with Crippen molar-refractivity contribution in [1.82, 2.24) is 4.90 Å². The molecular weight excluding hydrogens is 190 g/mol. The quantitative estimate of drug-likeness (QED) is 0.387. The molecule has 76 valence electrons. The molecule has 0 atom stereocenters. The molecule has 0 aromatic carbocycles. The summed E-state index contributed by atoms with van der Waals surface area (Å²) in [5.41, 5.74) is 10.3. The number of halogens is 1. The third-order valence-electron chi connectivity index (χ3n) is 1.89. The van der Waals surface area contributed by atoms with Crippen LogP contribution in [0.4, 0.5) is 0 Å². The smallest absolute Gasteiger partial charge is 0.221 e. The molecule has 5 nitrogen and oxygen atoms in total. The van der Waals surface area contributed by atoms with Gasteiger partial charge in [0.05, 0.1) is 0 Å². The second-order valence-electron chi connectivity index (χ2n) is 2.91. The zero-order chi connectivity index (χ0) is 8.97. The molecule has 0 unspecified atom stereocenters. The van der Waals surface area contributed by atoms with Crippen LogP contribution >= 0.6 is 12.4 Å². The number of likely N-dealkylation sites (tertiary alicyclic amines) is 1. The molecule has 0 radical (unpaired) electrons. The minimum atomic E-state index is -0.0365. The Hall–Kier alpha value is -0.970. The molecule has 5 N–H and O–H groups in total. The Morgan fingerprint density at radius 2 is 1.69 bits per heavy atom. The molecule has 1 fully saturated rings. The maximum absolute atomic E-state index is 7.49. The largest absolute Gasteiger partial charge is 0.370 e. The van der Waals surface area contributed by atoms with E-state index in [0.29, 0.717) is 0 Å². The standard InChI is InChI=1S/C7H15N5.ClH/c8-6(9)11-7(10)12-4-2-1-3-5-12;/h1-5H2,(H5,8,9,10,11);1H. The monoisotopic (exact) mass is 205 g/mol. The molecule has 6 heteroatoms. The summed E-state index contributed by atoms with van der Waals surface area (Å²) in [7, 11) is 0. The first-order valence-corrected chi connectivity index (χ1v) is 4.13. The zero-order valence-electron chi connectivity index (χ0n) is 7.49. The number of rotatable bonds is 0. The van der Waals surface area contributed by atoms with Gasteiger partial charge in [-0.2, -0.15) is 4.99 Å². The lowest BCUT2D eigenvalue weighted by atomic mass is 10.1. The van der Waals surface area contributed by atoms with Crippen LogP contribution < -0.4 is 11.5 Å². The van der Waals surface area contributed by atoms with Crippen LogP contribution in [0.3, 0.4) is 0 Å². The van der Waals surface area contributed by atoms with Crippen LogP contribution in [0.5, 0.6) is 0 Å². The third kappa shape index (κ3) is 3.98. The fourth-order valence-corrected chi connectivity index (χ4v) is 1.30. The third-order valence-corrected chi connectivity index (χ3v) is 1.89. The second kappa shape index (κ2) is 5.64. The van der Waals surface area contributed by atoms with E-state index >= 15 is 0 Å². The number of nitrogens with zero attached hydrogens (tertiary/aromatic N) is 2. The molecule has 1 saturated heterocycles. The van der Waals surface area contributed by atoms with E-state index in [1.165, 1.54) is 6.42 Å². The van der Waals surface area contributed by atoms with Crippen molar-refractivity contribution in [2.45, 2.75) is 19.3 Å². The number of aliphatic imine (C=N–C) groups is 1. The fraction of sp³-hybridized carbons (Fsp3) is 0.714. The molecule has 0 spiro atoms. The van der Waals surface area contributed by atoms with E-state index in [-0.39, 0.29) is 24.3 Å². The van der Waals surface area contributed by atoms with Gasteiger partial charge < -0.3 is 16.4 Å². The van der Waals surface area contributed by atoms with Gasteiger partial charge in [0.25, 0.3) is 0 Å².